The average Bonchev–Trinajstić information content (AvgIpc) is 3.34. The molecule has 0 aromatic carbocycles. The molecule has 2 amide bonds. The van der Waals surface area contributed by atoms with Crippen LogP contribution in [0, 0.1) is 5.92 Å². The molecule has 0 aromatic heterocycles. The maximum atomic E-state index is 12.8. The molecule has 2 fully saturated rings. The number of allylic oxidation sites excluding steroid dienone is 1. The monoisotopic (exact) mass is 460 g/mol. The van der Waals surface area contributed by atoms with Gasteiger partial charge in [0, 0.05) is 0 Å². The predicted octanol–water partition coefficient (Wildman–Crippen LogP) is 1.68. The Morgan fingerprint density at radius 3 is 2.48 bits per heavy atom. The largest absolute Gasteiger partial charge is 0.457 e. The van der Waals surface area contributed by atoms with Gasteiger partial charge in [0.1, 0.15) is 18.9 Å². The van der Waals surface area contributed by atoms with Crippen LogP contribution in [0.25, 0.3) is 0 Å². The van der Waals surface area contributed by atoms with Crippen molar-refractivity contribution in [2.24, 2.45) is 5.92 Å². The zero-order valence-corrected chi connectivity index (χ0v) is 19.1. The summed E-state index contributed by atoms with van der Waals surface area (Å²) in [7, 11) is 0. The molecule has 0 saturated carbocycles. The van der Waals surface area contributed by atoms with E-state index in [1.807, 2.05) is 13.0 Å². The van der Waals surface area contributed by atoms with Crippen LogP contribution in [0.1, 0.15) is 33.1 Å². The van der Waals surface area contributed by atoms with Gasteiger partial charge in [-0.2, -0.15) is 0 Å². The smallest absolute Gasteiger partial charge is 0.410 e. The first-order chi connectivity index (χ1) is 15.8. The third-order valence-electron chi connectivity index (χ3n) is 6.47. The second-order valence-corrected chi connectivity index (χ2v) is 8.56. The zero-order chi connectivity index (χ0) is 24.3. The fourth-order valence-corrected chi connectivity index (χ4v) is 4.95. The number of ether oxygens (including phenoxy) is 2. The molecular weight excluding hydrogens is 428 g/mol. The van der Waals surface area contributed by atoms with Crippen LogP contribution in [0.3, 0.4) is 0 Å². The Labute approximate surface area is 193 Å². The highest BCUT2D eigenvalue weighted by molar-refractivity contribution is 6.01. The molecule has 3 heterocycles. The first-order valence-electron chi connectivity index (χ1n) is 11.1. The summed E-state index contributed by atoms with van der Waals surface area (Å²) in [5, 5.41) is 19.8. The Balaban J connectivity index is 1.92. The van der Waals surface area contributed by atoms with E-state index in [-0.39, 0.29) is 49.6 Å². The molecule has 2 N–H and O–H groups in total. The molecule has 3 aliphatic rings. The number of likely N-dealkylation sites (tertiary alicyclic amines) is 1. The number of hydrogen-bond acceptors (Lipinski definition) is 7. The SMILES string of the molecule is C=CCOC(=O)C1=C(C(C)=CC2CCC(CO)N2C(=O)OCC=C)C[C@@H]2[C@@H]([C@@H](C)O)C(=O)N12. The fourth-order valence-electron chi connectivity index (χ4n) is 4.95. The van der Waals surface area contributed by atoms with Crippen molar-refractivity contribution in [3.8, 4) is 0 Å². The van der Waals surface area contributed by atoms with Crippen molar-refractivity contribution < 1.29 is 34.1 Å². The number of fused-ring (bicyclic) bond motifs is 1. The van der Waals surface area contributed by atoms with Crippen molar-refractivity contribution in [2.75, 3.05) is 19.8 Å². The van der Waals surface area contributed by atoms with E-state index in [0.717, 1.165) is 5.57 Å². The predicted molar refractivity (Wildman–Crippen MR) is 120 cm³/mol. The highest BCUT2D eigenvalue weighted by Crippen LogP contribution is 2.46. The molecule has 3 aliphatic heterocycles. The second kappa shape index (κ2) is 10.4. The molecule has 0 aromatic rings. The summed E-state index contributed by atoms with van der Waals surface area (Å²) in [6, 6.07) is -1.02. The lowest BCUT2D eigenvalue weighted by atomic mass is 9.82. The van der Waals surface area contributed by atoms with Crippen LogP contribution in [0.5, 0.6) is 0 Å². The van der Waals surface area contributed by atoms with Gasteiger partial charge in [0.05, 0.1) is 36.8 Å². The van der Waals surface area contributed by atoms with Gasteiger partial charge in [0.15, 0.2) is 0 Å². The molecule has 180 valence electrons. The lowest BCUT2D eigenvalue weighted by molar-refractivity contribution is -0.162. The molecule has 9 nitrogen and oxygen atoms in total. The van der Waals surface area contributed by atoms with Crippen LogP contribution in [0.15, 0.2) is 48.2 Å². The molecule has 0 aliphatic carbocycles. The number of esters is 1. The van der Waals surface area contributed by atoms with Gasteiger partial charge in [-0.25, -0.2) is 9.59 Å². The standard InChI is InChI=1S/C24H32N2O7/c1-5-9-32-23(30)21-18(12-19-20(15(4)28)22(29)26(19)21)14(3)11-16-7-8-17(13-27)25(16)24(31)33-10-6-2/h5-6,11,15-17,19-20,27-28H,1-2,7-10,12-13H2,3-4H3/t15-,16?,17?,19-,20-/m1/s1. The summed E-state index contributed by atoms with van der Waals surface area (Å²) in [6.45, 7) is 10.4. The van der Waals surface area contributed by atoms with Gasteiger partial charge in [0.25, 0.3) is 0 Å². The normalized spacial score (nSPS) is 27.8. The lowest BCUT2D eigenvalue weighted by Crippen LogP contribution is -2.61. The first-order valence-corrected chi connectivity index (χ1v) is 11.1. The van der Waals surface area contributed by atoms with Crippen molar-refractivity contribution >= 4 is 18.0 Å². The Morgan fingerprint density at radius 2 is 1.88 bits per heavy atom. The molecule has 0 bridgehead atoms. The molecular formula is C24H32N2O7. The number of aliphatic hydroxyl groups excluding tert-OH is 2. The van der Waals surface area contributed by atoms with Crippen LogP contribution in [-0.4, -0.2) is 82.0 Å². The molecule has 0 spiro atoms. The average molecular weight is 461 g/mol. The maximum Gasteiger partial charge on any atom is 0.410 e. The van der Waals surface area contributed by atoms with Crippen LogP contribution in [-0.2, 0) is 19.1 Å². The summed E-state index contributed by atoms with van der Waals surface area (Å²) in [5.41, 5.74) is 1.56. The Kier molecular flexibility index (Phi) is 7.76. The maximum absolute atomic E-state index is 12.8. The van der Waals surface area contributed by atoms with Crippen LogP contribution in [0.4, 0.5) is 4.79 Å². The third-order valence-corrected chi connectivity index (χ3v) is 6.47. The van der Waals surface area contributed by atoms with Gasteiger partial charge in [-0.05, 0) is 44.3 Å². The van der Waals surface area contributed by atoms with E-state index >= 15 is 0 Å². The van der Waals surface area contributed by atoms with Gasteiger partial charge < -0.3 is 24.6 Å². The quantitative estimate of drug-likeness (QED) is 0.305. The summed E-state index contributed by atoms with van der Waals surface area (Å²) in [4.78, 5) is 41.0. The Hall–Kier alpha value is -2.91. The fraction of sp³-hybridized carbons (Fsp3) is 0.542. The number of rotatable bonds is 9. The van der Waals surface area contributed by atoms with Crippen molar-refractivity contribution in [1.82, 2.24) is 9.80 Å². The van der Waals surface area contributed by atoms with E-state index in [2.05, 4.69) is 13.2 Å². The van der Waals surface area contributed by atoms with Crippen molar-refractivity contribution in [3.63, 3.8) is 0 Å². The number of aliphatic hydroxyl groups is 2. The van der Waals surface area contributed by atoms with E-state index in [1.165, 1.54) is 22.0 Å². The van der Waals surface area contributed by atoms with Gasteiger partial charge in [-0.1, -0.05) is 31.4 Å². The minimum Gasteiger partial charge on any atom is -0.457 e. The van der Waals surface area contributed by atoms with Crippen LogP contribution < -0.4 is 0 Å². The van der Waals surface area contributed by atoms with Crippen molar-refractivity contribution in [1.29, 1.82) is 0 Å². The van der Waals surface area contributed by atoms with Gasteiger partial charge >= 0.3 is 12.1 Å². The summed E-state index contributed by atoms with van der Waals surface area (Å²) >= 11 is 0. The topological polar surface area (TPSA) is 117 Å². The highest BCUT2D eigenvalue weighted by atomic mass is 16.6. The minimum absolute atomic E-state index is 0.00856. The third kappa shape index (κ3) is 4.60. The molecule has 33 heavy (non-hydrogen) atoms. The van der Waals surface area contributed by atoms with E-state index < -0.39 is 24.1 Å². The molecule has 0 radical (unpaired) electrons. The molecule has 9 heteroatoms. The summed E-state index contributed by atoms with van der Waals surface area (Å²) in [5.74, 6) is -1.51. The number of carbonyl (C=O) groups excluding carboxylic acids is 3. The van der Waals surface area contributed by atoms with E-state index in [1.54, 1.807) is 6.92 Å². The second-order valence-electron chi connectivity index (χ2n) is 8.56. The van der Waals surface area contributed by atoms with E-state index in [0.29, 0.717) is 24.8 Å². The van der Waals surface area contributed by atoms with Crippen LogP contribution >= 0.6 is 0 Å². The number of hydrogen-bond donors (Lipinski definition) is 2. The van der Waals surface area contributed by atoms with Gasteiger partial charge in [-0.3, -0.25) is 9.69 Å². The van der Waals surface area contributed by atoms with Crippen molar-refractivity contribution in [2.45, 2.75) is 57.3 Å². The Bertz CT molecular complexity index is 891. The van der Waals surface area contributed by atoms with Gasteiger partial charge in [0.2, 0.25) is 5.91 Å². The number of nitrogens with zero attached hydrogens (tertiary/aromatic N) is 2. The number of β-lactam (4-membered cyclic amide) rings is 1. The first kappa shape index (κ1) is 24.7. The Morgan fingerprint density at radius 1 is 1.21 bits per heavy atom. The lowest BCUT2D eigenvalue weighted by Gasteiger charge is -2.44. The number of carbonyl (C=O) groups is 3. The minimum atomic E-state index is -0.830. The highest BCUT2D eigenvalue weighted by Gasteiger charge is 2.57. The number of amides is 2. The molecule has 2 unspecified atom stereocenters. The summed E-state index contributed by atoms with van der Waals surface area (Å²) < 4.78 is 10.4. The van der Waals surface area contributed by atoms with E-state index in [9.17, 15) is 24.6 Å². The molecule has 2 saturated heterocycles. The molecule has 5 atom stereocenters. The summed E-state index contributed by atoms with van der Waals surface area (Å²) in [6.07, 6.45) is 5.05. The molecule has 3 rings (SSSR count). The van der Waals surface area contributed by atoms with E-state index in [4.69, 9.17) is 9.47 Å². The van der Waals surface area contributed by atoms with Gasteiger partial charge in [-0.15, -0.1) is 0 Å². The van der Waals surface area contributed by atoms with Crippen LogP contribution in [0.2, 0.25) is 0 Å². The zero-order valence-electron chi connectivity index (χ0n) is 19.1. The van der Waals surface area contributed by atoms with Crippen molar-refractivity contribution in [3.05, 3.63) is 48.2 Å².